The van der Waals surface area contributed by atoms with E-state index in [9.17, 15) is 4.21 Å². The third kappa shape index (κ3) is 2.74. The molecule has 19 heavy (non-hydrogen) atoms. The lowest BCUT2D eigenvalue weighted by molar-refractivity contribution is 0.682. The summed E-state index contributed by atoms with van der Waals surface area (Å²) in [7, 11) is -0.990. The minimum Gasteiger partial charge on any atom is -0.254 e. The van der Waals surface area contributed by atoms with Crippen LogP contribution in [-0.4, -0.2) is 4.21 Å². The third-order valence-electron chi connectivity index (χ3n) is 3.12. The van der Waals surface area contributed by atoms with E-state index in [1.807, 2.05) is 60.7 Å². The number of rotatable bonds is 3. The first-order valence-corrected chi connectivity index (χ1v) is 7.56. The minimum atomic E-state index is -0.990. The van der Waals surface area contributed by atoms with Gasteiger partial charge in [0.1, 0.15) is 0 Å². The van der Waals surface area contributed by atoms with Crippen LogP contribution in [-0.2, 0) is 16.6 Å². The zero-order chi connectivity index (χ0) is 13.1. The lowest BCUT2D eigenvalue weighted by atomic mass is 10.1. The Hall–Kier alpha value is -1.93. The van der Waals surface area contributed by atoms with E-state index in [1.54, 1.807) is 0 Å². The lowest BCUT2D eigenvalue weighted by Crippen LogP contribution is -1.96. The van der Waals surface area contributed by atoms with Crippen LogP contribution in [0.5, 0.6) is 0 Å². The Bertz CT molecular complexity index is 719. The zero-order valence-electron chi connectivity index (χ0n) is 10.5. The Morgan fingerprint density at radius 3 is 2.21 bits per heavy atom. The van der Waals surface area contributed by atoms with Crippen LogP contribution in [0, 0.1) is 0 Å². The van der Waals surface area contributed by atoms with Crippen molar-refractivity contribution >= 4 is 21.6 Å². The van der Waals surface area contributed by atoms with Crippen molar-refractivity contribution < 1.29 is 4.21 Å². The van der Waals surface area contributed by atoms with Gasteiger partial charge >= 0.3 is 0 Å². The van der Waals surface area contributed by atoms with Gasteiger partial charge in [-0.3, -0.25) is 4.21 Å². The molecule has 0 aliphatic heterocycles. The highest BCUT2D eigenvalue weighted by atomic mass is 32.2. The molecule has 3 aromatic carbocycles. The van der Waals surface area contributed by atoms with Gasteiger partial charge in [0.15, 0.2) is 0 Å². The molecule has 0 fully saturated rings. The molecule has 1 atom stereocenters. The van der Waals surface area contributed by atoms with Crippen molar-refractivity contribution in [3.05, 3.63) is 78.4 Å². The molecule has 3 rings (SSSR count). The third-order valence-corrected chi connectivity index (χ3v) is 4.50. The first kappa shape index (κ1) is 12.1. The number of benzene rings is 3. The van der Waals surface area contributed by atoms with Crippen LogP contribution in [0.15, 0.2) is 77.7 Å². The molecular formula is C17H14OS. The molecule has 0 bridgehead atoms. The number of hydrogen-bond donors (Lipinski definition) is 0. The maximum absolute atomic E-state index is 12.4. The molecule has 0 N–H and O–H groups in total. The van der Waals surface area contributed by atoms with Gasteiger partial charge in [0.25, 0.3) is 0 Å². The van der Waals surface area contributed by atoms with Gasteiger partial charge in [-0.1, -0.05) is 60.7 Å². The fourth-order valence-electron chi connectivity index (χ4n) is 2.12. The van der Waals surface area contributed by atoms with Crippen LogP contribution in [0.3, 0.4) is 0 Å². The highest BCUT2D eigenvalue weighted by Gasteiger charge is 2.05. The summed E-state index contributed by atoms with van der Waals surface area (Å²) in [5.74, 6) is 0.569. The van der Waals surface area contributed by atoms with Gasteiger partial charge in [0.2, 0.25) is 0 Å². The molecule has 0 spiro atoms. The van der Waals surface area contributed by atoms with Crippen LogP contribution >= 0.6 is 0 Å². The fourth-order valence-corrected chi connectivity index (χ4v) is 3.26. The average molecular weight is 266 g/mol. The highest BCUT2D eigenvalue weighted by Crippen LogP contribution is 2.19. The first-order chi connectivity index (χ1) is 9.33. The van der Waals surface area contributed by atoms with E-state index in [-0.39, 0.29) is 0 Å². The molecule has 0 saturated heterocycles. The van der Waals surface area contributed by atoms with E-state index >= 15 is 0 Å². The van der Waals surface area contributed by atoms with Crippen molar-refractivity contribution in [1.29, 1.82) is 0 Å². The topological polar surface area (TPSA) is 17.1 Å². The van der Waals surface area contributed by atoms with Crippen molar-refractivity contribution in [2.45, 2.75) is 10.6 Å². The van der Waals surface area contributed by atoms with E-state index in [0.29, 0.717) is 5.75 Å². The second kappa shape index (κ2) is 5.37. The summed E-state index contributed by atoms with van der Waals surface area (Å²) in [6.07, 6.45) is 0. The molecule has 2 heteroatoms. The maximum atomic E-state index is 12.4. The summed E-state index contributed by atoms with van der Waals surface area (Å²) < 4.78 is 12.4. The molecule has 94 valence electrons. The van der Waals surface area contributed by atoms with Crippen LogP contribution < -0.4 is 0 Å². The summed E-state index contributed by atoms with van der Waals surface area (Å²) in [6.45, 7) is 0. The second-order valence-electron chi connectivity index (χ2n) is 4.48. The molecule has 1 nitrogen and oxygen atoms in total. The average Bonchev–Trinajstić information content (AvgIpc) is 2.48. The normalized spacial score (nSPS) is 12.4. The van der Waals surface area contributed by atoms with Gasteiger partial charge in [-0.05, 0) is 28.5 Å². The number of fused-ring (bicyclic) bond motifs is 1. The molecule has 0 heterocycles. The quantitative estimate of drug-likeness (QED) is 0.696. The first-order valence-electron chi connectivity index (χ1n) is 6.24. The Balaban J connectivity index is 1.89. The van der Waals surface area contributed by atoms with E-state index in [1.165, 1.54) is 5.39 Å². The minimum absolute atomic E-state index is 0.569. The maximum Gasteiger partial charge on any atom is 0.0574 e. The van der Waals surface area contributed by atoms with Gasteiger partial charge in [-0.15, -0.1) is 0 Å². The Labute approximate surface area is 115 Å². The van der Waals surface area contributed by atoms with Crippen LogP contribution in [0.2, 0.25) is 0 Å². The van der Waals surface area contributed by atoms with Crippen molar-refractivity contribution in [2.24, 2.45) is 0 Å². The Morgan fingerprint density at radius 2 is 1.42 bits per heavy atom. The van der Waals surface area contributed by atoms with Crippen LogP contribution in [0.4, 0.5) is 0 Å². The van der Waals surface area contributed by atoms with Gasteiger partial charge in [-0.25, -0.2) is 0 Å². The zero-order valence-corrected chi connectivity index (χ0v) is 11.3. The summed E-state index contributed by atoms with van der Waals surface area (Å²) >= 11 is 0. The Morgan fingerprint density at radius 1 is 0.737 bits per heavy atom. The highest BCUT2D eigenvalue weighted by molar-refractivity contribution is 7.84. The van der Waals surface area contributed by atoms with Crippen molar-refractivity contribution in [1.82, 2.24) is 0 Å². The van der Waals surface area contributed by atoms with Crippen LogP contribution in [0.1, 0.15) is 5.56 Å². The van der Waals surface area contributed by atoms with E-state index in [4.69, 9.17) is 0 Å². The molecule has 1 unspecified atom stereocenters. The SMILES string of the molecule is O=S(Cc1ccccc1)c1ccc2ccccc2c1. The number of hydrogen-bond acceptors (Lipinski definition) is 1. The van der Waals surface area contributed by atoms with Crippen molar-refractivity contribution in [3.63, 3.8) is 0 Å². The van der Waals surface area contributed by atoms with E-state index in [2.05, 4.69) is 12.1 Å². The van der Waals surface area contributed by atoms with E-state index in [0.717, 1.165) is 15.8 Å². The molecule has 3 aromatic rings. The summed E-state index contributed by atoms with van der Waals surface area (Å²) in [6, 6.07) is 24.1. The fraction of sp³-hybridized carbons (Fsp3) is 0.0588. The van der Waals surface area contributed by atoms with Crippen molar-refractivity contribution in [3.8, 4) is 0 Å². The predicted molar refractivity (Wildman–Crippen MR) is 80.5 cm³/mol. The van der Waals surface area contributed by atoms with Crippen LogP contribution in [0.25, 0.3) is 10.8 Å². The van der Waals surface area contributed by atoms with Gasteiger partial charge in [-0.2, -0.15) is 0 Å². The lowest BCUT2D eigenvalue weighted by Gasteiger charge is -2.04. The standard InChI is InChI=1S/C17H14OS/c18-19(13-14-6-2-1-3-7-14)17-11-10-15-8-4-5-9-16(15)12-17/h1-12H,13H2. The Kier molecular flexibility index (Phi) is 3.43. The smallest absolute Gasteiger partial charge is 0.0574 e. The molecule has 0 aromatic heterocycles. The predicted octanol–water partition coefficient (Wildman–Crippen LogP) is 4.15. The summed E-state index contributed by atoms with van der Waals surface area (Å²) in [4.78, 5) is 0.891. The van der Waals surface area contributed by atoms with Gasteiger partial charge < -0.3 is 0 Å². The second-order valence-corrected chi connectivity index (χ2v) is 5.94. The van der Waals surface area contributed by atoms with Gasteiger partial charge in [0.05, 0.1) is 16.6 Å². The summed E-state index contributed by atoms with van der Waals surface area (Å²) in [5.41, 5.74) is 1.11. The van der Waals surface area contributed by atoms with E-state index < -0.39 is 10.8 Å². The molecule has 0 amide bonds. The molecule has 0 aliphatic rings. The van der Waals surface area contributed by atoms with Gasteiger partial charge in [0, 0.05) is 4.90 Å². The monoisotopic (exact) mass is 266 g/mol. The largest absolute Gasteiger partial charge is 0.254 e. The summed E-state index contributed by atoms with van der Waals surface area (Å²) in [5, 5.41) is 2.32. The molecule has 0 radical (unpaired) electrons. The molecular weight excluding hydrogens is 252 g/mol. The molecule has 0 saturated carbocycles. The molecule has 0 aliphatic carbocycles. The van der Waals surface area contributed by atoms with Crippen molar-refractivity contribution in [2.75, 3.05) is 0 Å².